The number of fused-ring (bicyclic) bond motifs is 1. The van der Waals surface area contributed by atoms with E-state index in [1.54, 1.807) is 55.5 Å². The Bertz CT molecular complexity index is 1520. The lowest BCUT2D eigenvalue weighted by Gasteiger charge is -2.19. The van der Waals surface area contributed by atoms with Crippen molar-refractivity contribution in [2.24, 2.45) is 0 Å². The molecular weight excluding hydrogens is 500 g/mol. The number of carbonyl (C=O) groups excluding carboxylic acids is 1. The third-order valence-electron chi connectivity index (χ3n) is 5.61. The van der Waals surface area contributed by atoms with E-state index in [0.29, 0.717) is 32.7 Å². The number of anilines is 1. The summed E-state index contributed by atoms with van der Waals surface area (Å²) in [6.07, 6.45) is -0.855. The van der Waals surface area contributed by atoms with Crippen LogP contribution in [0.4, 0.5) is 10.5 Å². The molecule has 0 amide bonds. The van der Waals surface area contributed by atoms with Gasteiger partial charge in [-0.15, -0.1) is 0 Å². The Morgan fingerprint density at radius 3 is 2.39 bits per heavy atom. The van der Waals surface area contributed by atoms with Crippen LogP contribution < -0.4 is 9.46 Å². The van der Waals surface area contributed by atoms with Crippen molar-refractivity contribution < 1.29 is 22.7 Å². The van der Waals surface area contributed by atoms with Gasteiger partial charge in [0.1, 0.15) is 0 Å². The highest BCUT2D eigenvalue weighted by molar-refractivity contribution is 7.92. The number of hydrogen-bond acceptors (Lipinski definition) is 5. The fraction of sp³-hybridized carbons (Fsp3) is 0.222. The van der Waals surface area contributed by atoms with Crippen molar-refractivity contribution in [2.75, 3.05) is 11.3 Å². The zero-order chi connectivity index (χ0) is 26.1. The molecule has 0 unspecified atom stereocenters. The molecule has 2 N–H and O–H groups in total. The van der Waals surface area contributed by atoms with Crippen LogP contribution in [0.2, 0.25) is 5.02 Å². The highest BCUT2D eigenvalue weighted by Gasteiger charge is 2.21. The molecule has 7 nitrogen and oxygen atoms in total. The van der Waals surface area contributed by atoms with Crippen LogP contribution in [-0.2, 0) is 20.2 Å². The molecule has 188 valence electrons. The number of sulfonamides is 1. The van der Waals surface area contributed by atoms with E-state index in [0.717, 1.165) is 5.56 Å². The largest absolute Gasteiger partial charge is 0.515 e. The minimum atomic E-state index is -3.83. The van der Waals surface area contributed by atoms with Crippen molar-refractivity contribution >= 4 is 44.4 Å². The lowest BCUT2D eigenvalue weighted by molar-refractivity contribution is 0.103. The molecule has 0 radical (unpaired) electrons. The SMILES string of the molecule is CCOC(=O)Oc1[nH]c2ccc(NS(=O)(=O)c3ccc(C(C)(C)C)cc3)cc2c1-c1cccc(Cl)c1. The quantitative estimate of drug-likeness (QED) is 0.261. The molecule has 4 rings (SSSR count). The Kier molecular flexibility index (Phi) is 7.02. The van der Waals surface area contributed by atoms with Crippen LogP contribution in [-0.4, -0.2) is 26.2 Å². The minimum Gasteiger partial charge on any atom is -0.434 e. The molecule has 0 atom stereocenters. The van der Waals surface area contributed by atoms with E-state index in [9.17, 15) is 13.2 Å². The molecule has 0 saturated heterocycles. The van der Waals surface area contributed by atoms with E-state index in [1.807, 2.05) is 18.2 Å². The smallest absolute Gasteiger partial charge is 0.434 e. The normalized spacial score (nSPS) is 11.9. The summed E-state index contributed by atoms with van der Waals surface area (Å²) in [4.78, 5) is 15.3. The summed E-state index contributed by atoms with van der Waals surface area (Å²) in [5.74, 6) is 0.170. The fourth-order valence-corrected chi connectivity index (χ4v) is 5.06. The van der Waals surface area contributed by atoms with Crippen LogP contribution >= 0.6 is 11.6 Å². The van der Waals surface area contributed by atoms with E-state index < -0.39 is 16.2 Å². The Balaban J connectivity index is 1.74. The van der Waals surface area contributed by atoms with Crippen LogP contribution in [0.25, 0.3) is 22.0 Å². The number of H-pyrrole nitrogens is 1. The Hall–Kier alpha value is -3.49. The third kappa shape index (κ3) is 5.50. The summed E-state index contributed by atoms with van der Waals surface area (Å²) < 4.78 is 39.2. The van der Waals surface area contributed by atoms with Crippen molar-refractivity contribution in [1.29, 1.82) is 0 Å². The number of aromatic nitrogens is 1. The molecule has 0 saturated carbocycles. The average Bonchev–Trinajstić information content (AvgIpc) is 3.15. The second-order valence-corrected chi connectivity index (χ2v) is 11.4. The first-order chi connectivity index (χ1) is 17.0. The summed E-state index contributed by atoms with van der Waals surface area (Å²) in [7, 11) is -3.83. The predicted molar refractivity (Wildman–Crippen MR) is 142 cm³/mol. The van der Waals surface area contributed by atoms with E-state index in [1.165, 1.54) is 0 Å². The number of hydrogen-bond donors (Lipinski definition) is 2. The third-order valence-corrected chi connectivity index (χ3v) is 7.24. The number of ether oxygens (including phenoxy) is 2. The Morgan fingerprint density at radius 2 is 1.75 bits per heavy atom. The monoisotopic (exact) mass is 526 g/mol. The first-order valence-corrected chi connectivity index (χ1v) is 13.2. The number of halogens is 1. The van der Waals surface area contributed by atoms with Crippen molar-refractivity contribution in [3.05, 3.63) is 77.3 Å². The van der Waals surface area contributed by atoms with Gasteiger partial charge < -0.3 is 14.5 Å². The Labute approximate surface area is 215 Å². The summed E-state index contributed by atoms with van der Waals surface area (Å²) >= 11 is 6.21. The topological polar surface area (TPSA) is 97.5 Å². The molecule has 4 aromatic rings. The highest BCUT2D eigenvalue weighted by atomic mass is 35.5. The number of benzene rings is 3. The summed E-state index contributed by atoms with van der Waals surface area (Å²) in [5.41, 5.74) is 3.18. The highest BCUT2D eigenvalue weighted by Crippen LogP contribution is 2.40. The van der Waals surface area contributed by atoms with Gasteiger partial charge in [0, 0.05) is 21.6 Å². The van der Waals surface area contributed by atoms with Gasteiger partial charge in [0.25, 0.3) is 10.0 Å². The molecule has 1 heterocycles. The summed E-state index contributed by atoms with van der Waals surface area (Å²) in [5, 5.41) is 1.14. The molecule has 0 aliphatic carbocycles. The van der Waals surface area contributed by atoms with Crippen LogP contribution in [0, 0.1) is 0 Å². The van der Waals surface area contributed by atoms with Gasteiger partial charge in [-0.05, 0) is 65.9 Å². The second-order valence-electron chi connectivity index (χ2n) is 9.26. The van der Waals surface area contributed by atoms with Crippen LogP contribution in [0.3, 0.4) is 0 Å². The molecule has 0 bridgehead atoms. The first-order valence-electron chi connectivity index (χ1n) is 11.4. The molecule has 0 spiro atoms. The van der Waals surface area contributed by atoms with Gasteiger partial charge in [-0.2, -0.15) is 0 Å². The fourth-order valence-electron chi connectivity index (χ4n) is 3.82. The van der Waals surface area contributed by atoms with Crippen LogP contribution in [0.5, 0.6) is 5.88 Å². The predicted octanol–water partition coefficient (Wildman–Crippen LogP) is 7.12. The van der Waals surface area contributed by atoms with Crippen LogP contribution in [0.15, 0.2) is 71.6 Å². The van der Waals surface area contributed by atoms with Crippen molar-refractivity contribution in [3.63, 3.8) is 0 Å². The number of nitrogens with one attached hydrogen (secondary N) is 2. The molecule has 36 heavy (non-hydrogen) atoms. The molecular formula is C27H27ClN2O5S. The molecule has 1 aromatic heterocycles. The Morgan fingerprint density at radius 1 is 1.03 bits per heavy atom. The maximum atomic E-state index is 13.1. The van der Waals surface area contributed by atoms with Gasteiger partial charge in [-0.3, -0.25) is 4.72 Å². The van der Waals surface area contributed by atoms with E-state index in [4.69, 9.17) is 21.1 Å². The molecule has 0 aliphatic rings. The molecule has 9 heteroatoms. The second kappa shape index (κ2) is 9.87. The van der Waals surface area contributed by atoms with Gasteiger partial charge in [0.2, 0.25) is 5.88 Å². The lowest BCUT2D eigenvalue weighted by Crippen LogP contribution is -2.14. The molecule has 0 aliphatic heterocycles. The molecule has 0 fully saturated rings. The van der Waals surface area contributed by atoms with E-state index in [-0.39, 0.29) is 22.8 Å². The zero-order valence-electron chi connectivity index (χ0n) is 20.4. The lowest BCUT2D eigenvalue weighted by atomic mass is 9.87. The summed E-state index contributed by atoms with van der Waals surface area (Å²) in [6, 6.07) is 18.9. The van der Waals surface area contributed by atoms with E-state index in [2.05, 4.69) is 30.5 Å². The minimum absolute atomic E-state index is 0.0882. The van der Waals surface area contributed by atoms with Gasteiger partial charge in [-0.25, -0.2) is 13.2 Å². The van der Waals surface area contributed by atoms with Crippen LogP contribution in [0.1, 0.15) is 33.3 Å². The first kappa shape index (κ1) is 25.6. The van der Waals surface area contributed by atoms with Crippen molar-refractivity contribution in [2.45, 2.75) is 38.0 Å². The zero-order valence-corrected chi connectivity index (χ0v) is 22.0. The van der Waals surface area contributed by atoms with Gasteiger partial charge >= 0.3 is 6.16 Å². The van der Waals surface area contributed by atoms with Gasteiger partial charge in [-0.1, -0.05) is 56.6 Å². The number of aromatic amines is 1. The van der Waals surface area contributed by atoms with E-state index >= 15 is 0 Å². The summed E-state index contributed by atoms with van der Waals surface area (Å²) in [6.45, 7) is 8.04. The van der Waals surface area contributed by atoms with Gasteiger partial charge in [0.05, 0.1) is 17.1 Å². The number of carbonyl (C=O) groups is 1. The maximum Gasteiger partial charge on any atom is 0.515 e. The number of rotatable bonds is 6. The maximum absolute atomic E-state index is 13.1. The standard InChI is InChI=1S/C27H27ClN2O5S/c1-5-34-26(31)35-25-24(17-7-6-8-19(28)15-17)22-16-20(11-14-23(22)29-25)30-36(32,33)21-12-9-18(10-13-21)27(2,3)4/h6-16,29-30H,5H2,1-4H3. The molecule has 3 aromatic carbocycles. The van der Waals surface area contributed by atoms with Gasteiger partial charge in [0.15, 0.2) is 0 Å². The van der Waals surface area contributed by atoms with Crippen molar-refractivity contribution in [1.82, 2.24) is 4.98 Å². The van der Waals surface area contributed by atoms with Crippen molar-refractivity contribution in [3.8, 4) is 17.0 Å². The average molecular weight is 527 g/mol.